The van der Waals surface area contributed by atoms with Gasteiger partial charge < -0.3 is 15.0 Å². The van der Waals surface area contributed by atoms with Crippen LogP contribution >= 0.6 is 0 Å². The van der Waals surface area contributed by atoms with Gasteiger partial charge in [0.2, 0.25) is 0 Å². The second-order valence-electron chi connectivity index (χ2n) is 4.19. The number of nitrogens with two attached hydrogens (primary N) is 1. The Balaban J connectivity index is 2.91. The molecule has 1 aromatic heterocycles. The molecule has 0 saturated heterocycles. The molecule has 2 N–H and O–H groups in total. The molecule has 0 fully saturated rings. The van der Waals surface area contributed by atoms with E-state index in [1.54, 1.807) is 6.92 Å². The Morgan fingerprint density at radius 2 is 2.06 bits per heavy atom. The lowest BCUT2D eigenvalue weighted by atomic mass is 10.2. The van der Waals surface area contributed by atoms with Crippen LogP contribution in [0.4, 0.5) is 5.82 Å². The van der Waals surface area contributed by atoms with Crippen LogP contribution < -0.4 is 5.73 Å². The van der Waals surface area contributed by atoms with Crippen molar-refractivity contribution in [1.29, 1.82) is 0 Å². The quantitative estimate of drug-likeness (QED) is 0.598. The van der Waals surface area contributed by atoms with Gasteiger partial charge in [-0.15, -0.1) is 0 Å². The fourth-order valence-electron chi connectivity index (χ4n) is 1.90. The molecule has 18 heavy (non-hydrogen) atoms. The summed E-state index contributed by atoms with van der Waals surface area (Å²) >= 11 is 0. The van der Waals surface area contributed by atoms with E-state index in [9.17, 15) is 4.79 Å². The molecule has 1 heterocycles. The highest BCUT2D eigenvalue weighted by molar-refractivity contribution is 5.92. The minimum Gasteiger partial charge on any atom is -0.461 e. The number of aromatic nitrogens is 2. The standard InChI is InChI=1S/C13H23N3O2/c1-4-7-8-9-16-10(5-2)15-11(12(16)14)13(17)18-6-3/h4-9,14H2,1-3H3. The van der Waals surface area contributed by atoms with Crippen molar-refractivity contribution < 1.29 is 9.53 Å². The Morgan fingerprint density at radius 1 is 1.33 bits per heavy atom. The molecule has 5 heteroatoms. The van der Waals surface area contributed by atoms with Gasteiger partial charge in [-0.2, -0.15) is 0 Å². The molecule has 5 nitrogen and oxygen atoms in total. The summed E-state index contributed by atoms with van der Waals surface area (Å²) in [5.74, 6) is 0.854. The number of imidazole rings is 1. The van der Waals surface area contributed by atoms with Gasteiger partial charge in [0.1, 0.15) is 11.6 Å². The summed E-state index contributed by atoms with van der Waals surface area (Å²) in [5.41, 5.74) is 6.25. The molecule has 1 aromatic rings. The zero-order valence-electron chi connectivity index (χ0n) is 11.5. The van der Waals surface area contributed by atoms with Gasteiger partial charge in [-0.05, 0) is 13.3 Å². The molecule has 0 spiro atoms. The predicted molar refractivity (Wildman–Crippen MR) is 71.5 cm³/mol. The molecule has 0 aliphatic rings. The summed E-state index contributed by atoms with van der Waals surface area (Å²) < 4.78 is 6.88. The molecule has 0 atom stereocenters. The van der Waals surface area contributed by atoms with Crippen LogP contribution in [-0.2, 0) is 17.7 Å². The minimum atomic E-state index is -0.432. The number of hydrogen-bond acceptors (Lipinski definition) is 4. The van der Waals surface area contributed by atoms with Gasteiger partial charge >= 0.3 is 5.97 Å². The Morgan fingerprint density at radius 3 is 2.61 bits per heavy atom. The first-order valence-corrected chi connectivity index (χ1v) is 6.67. The van der Waals surface area contributed by atoms with E-state index < -0.39 is 5.97 Å². The van der Waals surface area contributed by atoms with E-state index in [2.05, 4.69) is 11.9 Å². The van der Waals surface area contributed by atoms with Gasteiger partial charge in [-0.3, -0.25) is 0 Å². The number of aryl methyl sites for hydroxylation is 1. The molecule has 0 amide bonds. The summed E-state index contributed by atoms with van der Waals surface area (Å²) in [7, 11) is 0. The van der Waals surface area contributed by atoms with E-state index in [-0.39, 0.29) is 5.69 Å². The topological polar surface area (TPSA) is 70.1 Å². The molecular formula is C13H23N3O2. The maximum atomic E-state index is 11.7. The van der Waals surface area contributed by atoms with Gasteiger partial charge in [-0.25, -0.2) is 9.78 Å². The third kappa shape index (κ3) is 3.24. The molecule has 0 aliphatic carbocycles. The lowest BCUT2D eigenvalue weighted by molar-refractivity contribution is 0.0521. The lowest BCUT2D eigenvalue weighted by Crippen LogP contribution is -2.10. The minimum absolute atomic E-state index is 0.255. The second-order valence-corrected chi connectivity index (χ2v) is 4.19. The Bertz CT molecular complexity index is 399. The van der Waals surface area contributed by atoms with Crippen LogP contribution in [0.25, 0.3) is 0 Å². The second kappa shape index (κ2) is 7.03. The first-order valence-electron chi connectivity index (χ1n) is 6.67. The number of nitrogen functional groups attached to an aromatic ring is 1. The first-order chi connectivity index (χ1) is 8.65. The van der Waals surface area contributed by atoms with Crippen molar-refractivity contribution in [2.75, 3.05) is 12.3 Å². The Kier molecular flexibility index (Phi) is 5.68. The SMILES string of the molecule is CCCCCn1c(CC)nc(C(=O)OCC)c1N. The number of ether oxygens (including phenoxy) is 1. The fraction of sp³-hybridized carbons (Fsp3) is 0.692. The number of unbranched alkanes of at least 4 members (excludes halogenated alkanes) is 2. The van der Waals surface area contributed by atoms with E-state index in [4.69, 9.17) is 10.5 Å². The van der Waals surface area contributed by atoms with Gasteiger partial charge in [0.15, 0.2) is 5.69 Å². The van der Waals surface area contributed by atoms with Crippen molar-refractivity contribution in [3.05, 3.63) is 11.5 Å². The maximum Gasteiger partial charge on any atom is 0.360 e. The first kappa shape index (κ1) is 14.5. The van der Waals surface area contributed by atoms with E-state index in [0.717, 1.165) is 38.1 Å². The van der Waals surface area contributed by atoms with Crippen LogP contribution in [0.15, 0.2) is 0 Å². The van der Waals surface area contributed by atoms with Gasteiger partial charge in [-0.1, -0.05) is 26.7 Å². The average Bonchev–Trinajstić information content (AvgIpc) is 2.67. The van der Waals surface area contributed by atoms with E-state index in [1.807, 2.05) is 11.5 Å². The normalized spacial score (nSPS) is 10.6. The van der Waals surface area contributed by atoms with Crippen molar-refractivity contribution in [2.45, 2.75) is 53.0 Å². The zero-order chi connectivity index (χ0) is 13.5. The number of hydrogen-bond donors (Lipinski definition) is 1. The number of carbonyl (C=O) groups is 1. The molecule has 102 valence electrons. The molecular weight excluding hydrogens is 230 g/mol. The molecule has 1 rings (SSSR count). The highest BCUT2D eigenvalue weighted by Gasteiger charge is 2.20. The van der Waals surface area contributed by atoms with Gasteiger partial charge in [0.25, 0.3) is 0 Å². The molecule has 0 saturated carbocycles. The van der Waals surface area contributed by atoms with E-state index in [1.165, 1.54) is 0 Å². The largest absolute Gasteiger partial charge is 0.461 e. The average molecular weight is 253 g/mol. The van der Waals surface area contributed by atoms with Crippen LogP contribution in [0.2, 0.25) is 0 Å². The highest BCUT2D eigenvalue weighted by atomic mass is 16.5. The number of esters is 1. The van der Waals surface area contributed by atoms with Gasteiger partial charge in [0.05, 0.1) is 6.61 Å². The zero-order valence-corrected chi connectivity index (χ0v) is 11.5. The third-order valence-electron chi connectivity index (χ3n) is 2.86. The van der Waals surface area contributed by atoms with Crippen molar-refractivity contribution in [3.8, 4) is 0 Å². The monoisotopic (exact) mass is 253 g/mol. The molecule has 0 radical (unpaired) electrons. The van der Waals surface area contributed by atoms with Crippen LogP contribution in [0.3, 0.4) is 0 Å². The fourth-order valence-corrected chi connectivity index (χ4v) is 1.90. The van der Waals surface area contributed by atoms with E-state index >= 15 is 0 Å². The van der Waals surface area contributed by atoms with Crippen LogP contribution in [0, 0.1) is 0 Å². The summed E-state index contributed by atoms with van der Waals surface area (Å²) in [6, 6.07) is 0. The molecule has 0 aliphatic heterocycles. The van der Waals surface area contributed by atoms with Crippen molar-refractivity contribution in [1.82, 2.24) is 9.55 Å². The lowest BCUT2D eigenvalue weighted by Gasteiger charge is -2.08. The molecule has 0 aromatic carbocycles. The van der Waals surface area contributed by atoms with Crippen molar-refractivity contribution >= 4 is 11.8 Å². The van der Waals surface area contributed by atoms with E-state index in [0.29, 0.717) is 12.4 Å². The number of nitrogens with zero attached hydrogens (tertiary/aromatic N) is 2. The van der Waals surface area contributed by atoms with Crippen LogP contribution in [0.1, 0.15) is 56.3 Å². The summed E-state index contributed by atoms with van der Waals surface area (Å²) in [6.45, 7) is 7.08. The predicted octanol–water partition coefficient (Wildman–Crippen LogP) is 2.39. The van der Waals surface area contributed by atoms with Crippen molar-refractivity contribution in [3.63, 3.8) is 0 Å². The third-order valence-corrected chi connectivity index (χ3v) is 2.86. The van der Waals surface area contributed by atoms with Crippen LogP contribution in [0.5, 0.6) is 0 Å². The highest BCUT2D eigenvalue weighted by Crippen LogP contribution is 2.17. The Labute approximate surface area is 108 Å². The smallest absolute Gasteiger partial charge is 0.360 e. The number of rotatable bonds is 7. The van der Waals surface area contributed by atoms with Gasteiger partial charge in [0, 0.05) is 13.0 Å². The maximum absolute atomic E-state index is 11.7. The number of carbonyl (C=O) groups excluding carboxylic acids is 1. The summed E-state index contributed by atoms with van der Waals surface area (Å²) in [6.07, 6.45) is 4.11. The Hall–Kier alpha value is -1.52. The summed E-state index contributed by atoms with van der Waals surface area (Å²) in [4.78, 5) is 16.0. The summed E-state index contributed by atoms with van der Waals surface area (Å²) in [5, 5.41) is 0. The molecule has 0 bridgehead atoms. The number of anilines is 1. The van der Waals surface area contributed by atoms with Crippen LogP contribution in [-0.4, -0.2) is 22.1 Å². The molecule has 0 unspecified atom stereocenters. The van der Waals surface area contributed by atoms with Crippen molar-refractivity contribution in [2.24, 2.45) is 0 Å².